The molecule has 1 fully saturated rings. The number of carbonyl (C=O) groups excluding carboxylic acids is 1. The Balaban J connectivity index is 1.72. The number of benzene rings is 3. The minimum Gasteiger partial charge on any atom is -0.440 e. The maximum Gasteiger partial charge on any atom is 0.342 e. The number of hydrogen-bond acceptors (Lipinski definition) is 3. The van der Waals surface area contributed by atoms with Crippen molar-refractivity contribution in [2.45, 2.75) is 65.6 Å². The van der Waals surface area contributed by atoms with Gasteiger partial charge in [-0.1, -0.05) is 71.2 Å². The van der Waals surface area contributed by atoms with Crippen molar-refractivity contribution in [2.75, 3.05) is 18.0 Å². The first kappa shape index (κ1) is 28.6. The maximum atomic E-state index is 14.5. The summed E-state index contributed by atoms with van der Waals surface area (Å²) in [6, 6.07) is 16.6. The number of piperidine rings is 1. The summed E-state index contributed by atoms with van der Waals surface area (Å²) in [5.41, 5.74) is 6.25. The van der Waals surface area contributed by atoms with Crippen molar-refractivity contribution >= 4 is 68.3 Å². The summed E-state index contributed by atoms with van der Waals surface area (Å²) in [6.07, 6.45) is 3.16. The standard InChI is InChI=1S/C35H34Cl3N3O2/c1-5-40-20(3)27(22-14-8-10-16-24(22)40)35(28-21(4)41(6-2)25-17-11-9-15-23(25)28)29-26(34(42)43-35)33(32(38)31(37)30(29)36)39-18-12-7-13-19-39/h8-11,14-17H,5-7,12-13,18-19H2,1-4H3. The summed E-state index contributed by atoms with van der Waals surface area (Å²) in [4.78, 5) is 16.7. The Bertz CT molecular complexity index is 1860. The van der Waals surface area contributed by atoms with Gasteiger partial charge in [-0.05, 0) is 59.1 Å². The molecule has 0 N–H and O–H groups in total. The smallest absolute Gasteiger partial charge is 0.342 e. The number of fused-ring (bicyclic) bond motifs is 3. The fourth-order valence-corrected chi connectivity index (χ4v) is 8.74. The van der Waals surface area contributed by atoms with E-state index < -0.39 is 11.6 Å². The van der Waals surface area contributed by atoms with Gasteiger partial charge in [-0.25, -0.2) is 4.79 Å². The molecule has 2 aliphatic heterocycles. The molecule has 222 valence electrons. The topological polar surface area (TPSA) is 39.4 Å². The highest BCUT2D eigenvalue weighted by Gasteiger charge is 2.56. The molecule has 0 unspecified atom stereocenters. The maximum absolute atomic E-state index is 14.5. The summed E-state index contributed by atoms with van der Waals surface area (Å²) < 4.78 is 11.5. The molecule has 0 bridgehead atoms. The van der Waals surface area contributed by atoms with Crippen LogP contribution in [0.25, 0.3) is 21.8 Å². The average Bonchev–Trinajstić information content (AvgIpc) is 3.59. The van der Waals surface area contributed by atoms with Crippen molar-refractivity contribution in [1.29, 1.82) is 0 Å². The third-order valence-corrected chi connectivity index (χ3v) is 10.9. The summed E-state index contributed by atoms with van der Waals surface area (Å²) in [7, 11) is 0. The van der Waals surface area contributed by atoms with Crippen LogP contribution < -0.4 is 4.90 Å². The van der Waals surface area contributed by atoms with Crippen molar-refractivity contribution in [3.8, 4) is 0 Å². The van der Waals surface area contributed by atoms with Gasteiger partial charge in [0.25, 0.3) is 0 Å². The molecule has 5 nitrogen and oxygen atoms in total. The Hall–Kier alpha value is -3.12. The molecule has 5 aromatic rings. The molecule has 1 saturated heterocycles. The molecule has 4 heterocycles. The van der Waals surface area contributed by atoms with E-state index in [1.165, 1.54) is 0 Å². The number of ether oxygens (including phenoxy) is 1. The van der Waals surface area contributed by atoms with Gasteiger partial charge >= 0.3 is 5.97 Å². The molecular formula is C35H34Cl3N3O2. The number of carbonyl (C=O) groups is 1. The molecule has 8 heteroatoms. The molecule has 3 aromatic carbocycles. The lowest BCUT2D eigenvalue weighted by Crippen LogP contribution is -2.32. The Morgan fingerprint density at radius 1 is 0.721 bits per heavy atom. The highest BCUT2D eigenvalue weighted by Crippen LogP contribution is 2.60. The van der Waals surface area contributed by atoms with Crippen LogP contribution >= 0.6 is 34.8 Å². The SMILES string of the molecule is CCn1c(C)c(C2(c3c(C)n(CC)c4ccccc34)OC(=O)c3c(N4CCCCC4)c(Cl)c(Cl)c(Cl)c32)c2ccccc21. The highest BCUT2D eigenvalue weighted by molar-refractivity contribution is 6.50. The number of halogens is 3. The number of anilines is 1. The van der Waals surface area contributed by atoms with E-state index in [2.05, 4.69) is 66.0 Å². The van der Waals surface area contributed by atoms with Gasteiger partial charge in [0.15, 0.2) is 5.60 Å². The summed E-state index contributed by atoms with van der Waals surface area (Å²) in [5, 5.41) is 2.84. The van der Waals surface area contributed by atoms with Crippen LogP contribution in [0.5, 0.6) is 0 Å². The van der Waals surface area contributed by atoms with Crippen LogP contribution in [0.1, 0.15) is 71.5 Å². The third-order valence-electron chi connectivity index (χ3n) is 9.57. The van der Waals surface area contributed by atoms with Crippen LogP contribution in [0.2, 0.25) is 15.1 Å². The Labute approximate surface area is 266 Å². The van der Waals surface area contributed by atoms with E-state index in [9.17, 15) is 4.79 Å². The number of esters is 1. The first-order valence-corrected chi connectivity index (χ1v) is 16.3. The Kier molecular flexibility index (Phi) is 7.00. The van der Waals surface area contributed by atoms with Crippen molar-refractivity contribution in [3.63, 3.8) is 0 Å². The molecule has 0 saturated carbocycles. The predicted molar refractivity (Wildman–Crippen MR) is 178 cm³/mol. The number of hydrogen-bond donors (Lipinski definition) is 0. The minimum absolute atomic E-state index is 0.249. The van der Waals surface area contributed by atoms with Crippen LogP contribution in [0, 0.1) is 13.8 Å². The molecule has 43 heavy (non-hydrogen) atoms. The zero-order valence-electron chi connectivity index (χ0n) is 24.9. The van der Waals surface area contributed by atoms with Crippen LogP contribution in [0.4, 0.5) is 5.69 Å². The lowest BCUT2D eigenvalue weighted by molar-refractivity contribution is 0.0256. The van der Waals surface area contributed by atoms with Crippen molar-refractivity contribution in [2.24, 2.45) is 0 Å². The summed E-state index contributed by atoms with van der Waals surface area (Å²) in [5.74, 6) is -0.434. The second-order valence-corrected chi connectivity index (χ2v) is 12.7. The third kappa shape index (κ3) is 3.81. The van der Waals surface area contributed by atoms with E-state index in [0.717, 1.165) is 89.8 Å². The minimum atomic E-state index is -1.36. The number of aryl methyl sites for hydroxylation is 2. The van der Waals surface area contributed by atoms with Crippen molar-refractivity contribution in [3.05, 3.63) is 97.2 Å². The van der Waals surface area contributed by atoms with Crippen molar-refractivity contribution < 1.29 is 9.53 Å². The number of aromatic nitrogens is 2. The monoisotopic (exact) mass is 633 g/mol. The van der Waals surface area contributed by atoms with E-state index >= 15 is 0 Å². The van der Waals surface area contributed by atoms with Crippen LogP contribution in [0.15, 0.2) is 48.5 Å². The number of para-hydroxylation sites is 2. The molecule has 0 radical (unpaired) electrons. The van der Waals surface area contributed by atoms with Gasteiger partial charge < -0.3 is 18.8 Å². The molecule has 0 amide bonds. The summed E-state index contributed by atoms with van der Waals surface area (Å²) in [6.45, 7) is 11.6. The predicted octanol–water partition coefficient (Wildman–Crippen LogP) is 9.67. The largest absolute Gasteiger partial charge is 0.440 e. The van der Waals surface area contributed by atoms with E-state index in [4.69, 9.17) is 39.5 Å². The van der Waals surface area contributed by atoms with Gasteiger partial charge in [-0.15, -0.1) is 0 Å². The van der Waals surface area contributed by atoms with Gasteiger partial charge in [-0.3, -0.25) is 0 Å². The van der Waals surface area contributed by atoms with E-state index in [1.807, 2.05) is 24.3 Å². The molecule has 0 atom stereocenters. The van der Waals surface area contributed by atoms with Gasteiger partial charge in [0.2, 0.25) is 0 Å². The van der Waals surface area contributed by atoms with E-state index in [1.54, 1.807) is 0 Å². The lowest BCUT2D eigenvalue weighted by Gasteiger charge is -2.34. The quantitative estimate of drug-likeness (QED) is 0.143. The van der Waals surface area contributed by atoms with E-state index in [0.29, 0.717) is 21.8 Å². The molecule has 2 aromatic heterocycles. The first-order chi connectivity index (χ1) is 20.8. The second kappa shape index (κ2) is 10.5. The van der Waals surface area contributed by atoms with Crippen LogP contribution in [0.3, 0.4) is 0 Å². The molecular weight excluding hydrogens is 601 g/mol. The van der Waals surface area contributed by atoms with Gasteiger partial charge in [0, 0.05) is 76.1 Å². The zero-order chi connectivity index (χ0) is 30.2. The molecule has 0 aliphatic carbocycles. The zero-order valence-corrected chi connectivity index (χ0v) is 27.1. The first-order valence-electron chi connectivity index (χ1n) is 15.1. The lowest BCUT2D eigenvalue weighted by atomic mass is 9.77. The second-order valence-electron chi connectivity index (χ2n) is 11.6. The fourth-order valence-electron chi connectivity index (χ4n) is 7.88. The number of rotatable bonds is 5. The highest BCUT2D eigenvalue weighted by atomic mass is 35.5. The fraction of sp³-hybridized carbons (Fsp3) is 0.343. The van der Waals surface area contributed by atoms with Gasteiger partial charge in [-0.2, -0.15) is 0 Å². The summed E-state index contributed by atoms with van der Waals surface area (Å²) >= 11 is 21.4. The Morgan fingerprint density at radius 2 is 1.23 bits per heavy atom. The number of nitrogens with zero attached hydrogens (tertiary/aromatic N) is 3. The normalized spacial score (nSPS) is 16.3. The molecule has 2 aliphatic rings. The Morgan fingerprint density at radius 3 is 1.74 bits per heavy atom. The van der Waals surface area contributed by atoms with Crippen LogP contribution in [-0.4, -0.2) is 28.2 Å². The van der Waals surface area contributed by atoms with Crippen LogP contribution in [-0.2, 0) is 23.4 Å². The van der Waals surface area contributed by atoms with E-state index in [-0.39, 0.29) is 10.0 Å². The molecule has 7 rings (SSSR count). The van der Waals surface area contributed by atoms with Gasteiger partial charge in [0.05, 0.1) is 26.3 Å². The number of cyclic esters (lactones) is 1. The average molecular weight is 635 g/mol. The molecule has 0 spiro atoms. The van der Waals surface area contributed by atoms with Crippen molar-refractivity contribution in [1.82, 2.24) is 9.13 Å². The van der Waals surface area contributed by atoms with Gasteiger partial charge in [0.1, 0.15) is 0 Å².